The van der Waals surface area contributed by atoms with Crippen LogP contribution in [-0.2, 0) is 9.53 Å². The Morgan fingerprint density at radius 2 is 1.94 bits per heavy atom. The number of hydrogen-bond donors (Lipinski definition) is 1. The van der Waals surface area contributed by atoms with E-state index < -0.39 is 12.1 Å². The van der Waals surface area contributed by atoms with E-state index in [1.165, 1.54) is 7.11 Å². The van der Waals surface area contributed by atoms with Crippen LogP contribution in [0.25, 0.3) is 0 Å². The van der Waals surface area contributed by atoms with E-state index in [4.69, 9.17) is 0 Å². The van der Waals surface area contributed by atoms with Crippen molar-refractivity contribution in [3.63, 3.8) is 0 Å². The first kappa shape index (κ1) is 14.8. The van der Waals surface area contributed by atoms with Crippen molar-refractivity contribution in [3.05, 3.63) is 0 Å². The van der Waals surface area contributed by atoms with Gasteiger partial charge < -0.3 is 15.0 Å². The van der Waals surface area contributed by atoms with Crippen molar-refractivity contribution in [2.45, 2.75) is 46.2 Å². The molecule has 2 amide bonds. The number of nitrogens with zero attached hydrogens (tertiary/aromatic N) is 1. The SMILES string of the molecule is COC(=O)NC(C(=O)N1CC(C)C[C@H]1C)C(C)C. The Hall–Kier alpha value is -1.26. The highest BCUT2D eigenvalue weighted by atomic mass is 16.5. The van der Waals surface area contributed by atoms with E-state index in [1.807, 2.05) is 18.7 Å². The van der Waals surface area contributed by atoms with Crippen LogP contribution in [-0.4, -0.2) is 42.6 Å². The average molecular weight is 256 g/mol. The summed E-state index contributed by atoms with van der Waals surface area (Å²) < 4.78 is 4.57. The van der Waals surface area contributed by atoms with E-state index in [2.05, 4.69) is 23.9 Å². The van der Waals surface area contributed by atoms with E-state index in [9.17, 15) is 9.59 Å². The van der Waals surface area contributed by atoms with E-state index in [1.54, 1.807) is 0 Å². The number of rotatable bonds is 3. The second kappa shape index (κ2) is 6.07. The number of alkyl carbamates (subject to hydrolysis) is 1. The third-order valence-corrected chi connectivity index (χ3v) is 3.46. The van der Waals surface area contributed by atoms with Gasteiger partial charge in [0.25, 0.3) is 0 Å². The van der Waals surface area contributed by atoms with Crippen molar-refractivity contribution in [2.24, 2.45) is 11.8 Å². The summed E-state index contributed by atoms with van der Waals surface area (Å²) in [6.45, 7) is 8.80. The molecule has 3 atom stereocenters. The lowest BCUT2D eigenvalue weighted by Crippen LogP contribution is -2.52. The van der Waals surface area contributed by atoms with Crippen LogP contribution in [0.1, 0.15) is 34.1 Å². The van der Waals surface area contributed by atoms with Crippen LogP contribution in [0, 0.1) is 11.8 Å². The molecule has 0 radical (unpaired) electrons. The van der Waals surface area contributed by atoms with E-state index in [-0.39, 0.29) is 17.9 Å². The summed E-state index contributed by atoms with van der Waals surface area (Å²) in [6, 6.07) is -0.265. The Morgan fingerprint density at radius 3 is 2.33 bits per heavy atom. The maximum atomic E-state index is 12.5. The van der Waals surface area contributed by atoms with Crippen LogP contribution in [0.2, 0.25) is 0 Å². The molecule has 1 fully saturated rings. The maximum Gasteiger partial charge on any atom is 0.407 e. The molecule has 0 spiro atoms. The number of likely N-dealkylation sites (tertiary alicyclic amines) is 1. The van der Waals surface area contributed by atoms with Crippen LogP contribution < -0.4 is 5.32 Å². The first-order valence-corrected chi connectivity index (χ1v) is 6.51. The standard InChI is InChI=1S/C13H24N2O3/c1-8(2)11(14-13(17)18-5)12(16)15-7-9(3)6-10(15)4/h8-11H,6-7H2,1-5H3,(H,14,17)/t9?,10-,11?/m1/s1. The molecule has 0 aromatic rings. The number of carbonyl (C=O) groups excluding carboxylic acids is 2. The lowest BCUT2D eigenvalue weighted by atomic mass is 10.0. The summed E-state index contributed by atoms with van der Waals surface area (Å²) in [5.41, 5.74) is 0. The number of carbonyl (C=O) groups is 2. The van der Waals surface area contributed by atoms with Gasteiger partial charge in [0.1, 0.15) is 6.04 Å². The molecule has 2 unspecified atom stereocenters. The van der Waals surface area contributed by atoms with Gasteiger partial charge in [-0.15, -0.1) is 0 Å². The van der Waals surface area contributed by atoms with Crippen molar-refractivity contribution >= 4 is 12.0 Å². The minimum absolute atomic E-state index is 0.00718. The number of methoxy groups -OCH3 is 1. The molecule has 1 heterocycles. The van der Waals surface area contributed by atoms with Gasteiger partial charge in [0.2, 0.25) is 5.91 Å². The van der Waals surface area contributed by atoms with E-state index in [0.29, 0.717) is 5.92 Å². The van der Waals surface area contributed by atoms with Gasteiger partial charge >= 0.3 is 6.09 Å². The van der Waals surface area contributed by atoms with E-state index in [0.717, 1.165) is 13.0 Å². The maximum absolute atomic E-state index is 12.5. The average Bonchev–Trinajstić information content (AvgIpc) is 2.63. The largest absolute Gasteiger partial charge is 0.453 e. The fourth-order valence-corrected chi connectivity index (χ4v) is 2.49. The van der Waals surface area contributed by atoms with Crippen molar-refractivity contribution in [1.29, 1.82) is 0 Å². The number of nitrogens with one attached hydrogen (secondary N) is 1. The molecule has 18 heavy (non-hydrogen) atoms. The van der Waals surface area contributed by atoms with Crippen molar-refractivity contribution in [3.8, 4) is 0 Å². The van der Waals surface area contributed by atoms with Gasteiger partial charge in [0, 0.05) is 12.6 Å². The molecule has 0 aliphatic carbocycles. The summed E-state index contributed by atoms with van der Waals surface area (Å²) >= 11 is 0. The molecule has 1 aliphatic rings. The molecule has 0 saturated carbocycles. The van der Waals surface area contributed by atoms with Gasteiger partial charge in [-0.3, -0.25) is 4.79 Å². The Balaban J connectivity index is 2.74. The lowest BCUT2D eigenvalue weighted by Gasteiger charge is -2.29. The fourth-order valence-electron chi connectivity index (χ4n) is 2.49. The first-order chi connectivity index (χ1) is 8.36. The monoisotopic (exact) mass is 256 g/mol. The summed E-state index contributed by atoms with van der Waals surface area (Å²) in [5.74, 6) is 0.557. The lowest BCUT2D eigenvalue weighted by molar-refractivity contribution is -0.135. The Labute approximate surface area is 109 Å². The second-order valence-corrected chi connectivity index (χ2v) is 5.54. The highest BCUT2D eigenvalue weighted by Crippen LogP contribution is 2.24. The Kier molecular flexibility index (Phi) is 4.99. The van der Waals surface area contributed by atoms with Gasteiger partial charge in [-0.1, -0.05) is 20.8 Å². The third kappa shape index (κ3) is 3.37. The molecule has 1 rings (SSSR count). The second-order valence-electron chi connectivity index (χ2n) is 5.54. The van der Waals surface area contributed by atoms with Gasteiger partial charge in [-0.05, 0) is 25.2 Å². The fraction of sp³-hybridized carbons (Fsp3) is 0.846. The zero-order valence-electron chi connectivity index (χ0n) is 11.9. The number of amides is 2. The van der Waals surface area contributed by atoms with Crippen molar-refractivity contribution < 1.29 is 14.3 Å². The highest BCUT2D eigenvalue weighted by molar-refractivity contribution is 5.86. The zero-order valence-corrected chi connectivity index (χ0v) is 11.9. The van der Waals surface area contributed by atoms with Gasteiger partial charge in [-0.2, -0.15) is 0 Å². The predicted octanol–water partition coefficient (Wildman–Crippen LogP) is 1.62. The van der Waals surface area contributed by atoms with Crippen LogP contribution in [0.4, 0.5) is 4.79 Å². The minimum atomic E-state index is -0.554. The molecular weight excluding hydrogens is 232 g/mol. The number of ether oxygens (including phenoxy) is 1. The quantitative estimate of drug-likeness (QED) is 0.835. The van der Waals surface area contributed by atoms with Crippen molar-refractivity contribution in [1.82, 2.24) is 10.2 Å². The summed E-state index contributed by atoms with van der Waals surface area (Å²) in [6.07, 6.45) is 0.469. The molecule has 104 valence electrons. The molecule has 5 heteroatoms. The molecule has 0 bridgehead atoms. The molecular formula is C13H24N2O3. The highest BCUT2D eigenvalue weighted by Gasteiger charge is 2.35. The van der Waals surface area contributed by atoms with Crippen LogP contribution in [0.15, 0.2) is 0 Å². The molecule has 0 aromatic carbocycles. The third-order valence-electron chi connectivity index (χ3n) is 3.46. The predicted molar refractivity (Wildman–Crippen MR) is 69.1 cm³/mol. The smallest absolute Gasteiger partial charge is 0.407 e. The molecule has 5 nitrogen and oxygen atoms in total. The molecule has 0 aromatic heterocycles. The van der Waals surface area contributed by atoms with Crippen molar-refractivity contribution in [2.75, 3.05) is 13.7 Å². The summed E-state index contributed by atoms with van der Waals surface area (Å²) in [7, 11) is 1.30. The van der Waals surface area contributed by atoms with Crippen LogP contribution >= 0.6 is 0 Å². The molecule has 1 saturated heterocycles. The Bertz CT molecular complexity index is 317. The first-order valence-electron chi connectivity index (χ1n) is 6.51. The topological polar surface area (TPSA) is 58.6 Å². The molecule has 1 aliphatic heterocycles. The summed E-state index contributed by atoms with van der Waals surface area (Å²) in [4.78, 5) is 25.6. The van der Waals surface area contributed by atoms with Crippen LogP contribution in [0.3, 0.4) is 0 Å². The molecule has 1 N–H and O–H groups in total. The van der Waals surface area contributed by atoms with Gasteiger partial charge in [-0.25, -0.2) is 4.79 Å². The van der Waals surface area contributed by atoms with Gasteiger partial charge in [0.15, 0.2) is 0 Å². The number of hydrogen-bond acceptors (Lipinski definition) is 3. The van der Waals surface area contributed by atoms with Gasteiger partial charge in [0.05, 0.1) is 7.11 Å². The van der Waals surface area contributed by atoms with E-state index >= 15 is 0 Å². The normalized spacial score (nSPS) is 25.1. The van der Waals surface area contributed by atoms with Crippen LogP contribution in [0.5, 0.6) is 0 Å². The minimum Gasteiger partial charge on any atom is -0.453 e. The zero-order chi connectivity index (χ0) is 13.9. The summed E-state index contributed by atoms with van der Waals surface area (Å²) in [5, 5.41) is 2.63. The Morgan fingerprint density at radius 1 is 1.33 bits per heavy atom.